The van der Waals surface area contributed by atoms with E-state index in [2.05, 4.69) is 27.0 Å². The fourth-order valence-electron chi connectivity index (χ4n) is 2.15. The first-order chi connectivity index (χ1) is 11.2. The van der Waals surface area contributed by atoms with Gasteiger partial charge in [0.05, 0.1) is 11.3 Å². The summed E-state index contributed by atoms with van der Waals surface area (Å²) in [7, 11) is 0. The molecule has 1 heterocycles. The molecule has 0 unspecified atom stereocenters. The van der Waals surface area contributed by atoms with Crippen molar-refractivity contribution in [2.75, 3.05) is 0 Å². The molecule has 3 rings (SSSR count). The highest BCUT2D eigenvalue weighted by Crippen LogP contribution is 2.28. The van der Waals surface area contributed by atoms with E-state index < -0.39 is 0 Å². The van der Waals surface area contributed by atoms with Crippen LogP contribution < -0.4 is 0 Å². The number of hydrogen-bond acceptors (Lipinski definition) is 3. The molecule has 23 heavy (non-hydrogen) atoms. The molecule has 0 bridgehead atoms. The van der Waals surface area contributed by atoms with Crippen molar-refractivity contribution in [2.24, 2.45) is 0 Å². The number of aryl methyl sites for hydroxylation is 1. The highest BCUT2D eigenvalue weighted by molar-refractivity contribution is 9.10. The van der Waals surface area contributed by atoms with Gasteiger partial charge in [0.25, 0.3) is 0 Å². The Labute approximate surface area is 147 Å². The molecule has 0 N–H and O–H groups in total. The van der Waals surface area contributed by atoms with Gasteiger partial charge in [0, 0.05) is 15.4 Å². The largest absolute Gasteiger partial charge is 0.235 e. The summed E-state index contributed by atoms with van der Waals surface area (Å²) in [5, 5.41) is 12.2. The van der Waals surface area contributed by atoms with Crippen molar-refractivity contribution < 1.29 is 0 Å². The van der Waals surface area contributed by atoms with Crippen LogP contribution in [0.25, 0.3) is 22.9 Å². The smallest absolute Gasteiger partial charge is 0.134 e. The average Bonchev–Trinajstić information content (AvgIpc) is 3.04. The van der Waals surface area contributed by atoms with Crippen LogP contribution in [0.15, 0.2) is 58.4 Å². The first-order valence-electron chi connectivity index (χ1n) is 7.06. The summed E-state index contributed by atoms with van der Waals surface area (Å²) in [6, 6.07) is 18.3. The second kappa shape index (κ2) is 6.91. The van der Waals surface area contributed by atoms with Crippen LogP contribution in [0.5, 0.6) is 0 Å². The normalized spacial score (nSPS) is 11.3. The van der Waals surface area contributed by atoms with Crippen LogP contribution in [-0.2, 0) is 0 Å². The average molecular weight is 381 g/mol. The molecular formula is C19H13BrN2S. The van der Waals surface area contributed by atoms with E-state index in [-0.39, 0.29) is 0 Å². The second-order valence-corrected chi connectivity index (χ2v) is 6.90. The van der Waals surface area contributed by atoms with Crippen LogP contribution in [0.2, 0.25) is 0 Å². The van der Waals surface area contributed by atoms with Crippen LogP contribution in [0, 0.1) is 18.3 Å². The fraction of sp³-hybridized carbons (Fsp3) is 0.0526. The predicted octanol–water partition coefficient (Wildman–Crippen LogP) is 5.95. The number of halogens is 1. The predicted molar refractivity (Wildman–Crippen MR) is 99.9 cm³/mol. The van der Waals surface area contributed by atoms with Crippen molar-refractivity contribution in [3.8, 4) is 17.3 Å². The Hall–Kier alpha value is -2.22. The van der Waals surface area contributed by atoms with Gasteiger partial charge in [-0.3, -0.25) is 0 Å². The standard InChI is InChI=1S/C19H13BrN2S/c1-13-5-7-14(8-6-13)9-16(11-21)19-22-18(12-23-19)15-3-2-4-17(20)10-15/h2-10,12H,1H3. The molecular weight excluding hydrogens is 368 g/mol. The van der Waals surface area contributed by atoms with Crippen LogP contribution in [0.1, 0.15) is 16.1 Å². The van der Waals surface area contributed by atoms with E-state index in [9.17, 15) is 5.26 Å². The molecule has 0 amide bonds. The molecule has 0 radical (unpaired) electrons. The summed E-state index contributed by atoms with van der Waals surface area (Å²) in [5.41, 5.74) is 4.71. The van der Waals surface area contributed by atoms with Gasteiger partial charge in [-0.05, 0) is 30.7 Å². The molecule has 0 saturated carbocycles. The number of allylic oxidation sites excluding steroid dienone is 1. The van der Waals surface area contributed by atoms with E-state index in [4.69, 9.17) is 0 Å². The zero-order valence-corrected chi connectivity index (χ0v) is 14.9. The van der Waals surface area contributed by atoms with Crippen LogP contribution in [0.4, 0.5) is 0 Å². The Balaban J connectivity index is 1.94. The lowest BCUT2D eigenvalue weighted by atomic mass is 10.1. The lowest BCUT2D eigenvalue weighted by Gasteiger charge is -1.98. The quantitative estimate of drug-likeness (QED) is 0.526. The third kappa shape index (κ3) is 3.76. The SMILES string of the molecule is Cc1ccc(C=C(C#N)c2nc(-c3cccc(Br)c3)cs2)cc1. The molecule has 0 aliphatic rings. The van der Waals surface area contributed by atoms with E-state index >= 15 is 0 Å². The van der Waals surface area contributed by atoms with Crippen LogP contribution in [-0.4, -0.2) is 4.98 Å². The van der Waals surface area contributed by atoms with Crippen molar-refractivity contribution >= 4 is 38.9 Å². The molecule has 0 aliphatic carbocycles. The van der Waals surface area contributed by atoms with E-state index in [0.29, 0.717) is 5.57 Å². The molecule has 112 valence electrons. The van der Waals surface area contributed by atoms with Gasteiger partial charge >= 0.3 is 0 Å². The summed E-state index contributed by atoms with van der Waals surface area (Å²) in [4.78, 5) is 4.61. The minimum absolute atomic E-state index is 0.583. The van der Waals surface area contributed by atoms with Gasteiger partial charge in [0.2, 0.25) is 0 Å². The molecule has 0 saturated heterocycles. The number of benzene rings is 2. The van der Waals surface area contributed by atoms with Crippen molar-refractivity contribution in [3.05, 3.63) is 74.5 Å². The van der Waals surface area contributed by atoms with Gasteiger partial charge in [-0.2, -0.15) is 5.26 Å². The number of hydrogen-bond donors (Lipinski definition) is 0. The molecule has 1 aromatic heterocycles. The highest BCUT2D eigenvalue weighted by atomic mass is 79.9. The lowest BCUT2D eigenvalue weighted by Crippen LogP contribution is -1.83. The van der Waals surface area contributed by atoms with E-state index in [1.807, 2.05) is 66.9 Å². The zero-order valence-electron chi connectivity index (χ0n) is 12.5. The first-order valence-corrected chi connectivity index (χ1v) is 8.73. The van der Waals surface area contributed by atoms with Gasteiger partial charge in [-0.1, -0.05) is 57.9 Å². The maximum atomic E-state index is 9.46. The summed E-state index contributed by atoms with van der Waals surface area (Å²) in [6.45, 7) is 2.05. The Bertz CT molecular complexity index is 902. The molecule has 3 aromatic rings. The minimum atomic E-state index is 0.583. The Morgan fingerprint density at radius 1 is 1.22 bits per heavy atom. The number of rotatable bonds is 3. The highest BCUT2D eigenvalue weighted by Gasteiger charge is 2.09. The van der Waals surface area contributed by atoms with Crippen molar-refractivity contribution in [3.63, 3.8) is 0 Å². The van der Waals surface area contributed by atoms with Crippen molar-refractivity contribution in [1.29, 1.82) is 5.26 Å². The maximum absolute atomic E-state index is 9.46. The van der Waals surface area contributed by atoms with Crippen molar-refractivity contribution in [1.82, 2.24) is 4.98 Å². The second-order valence-electron chi connectivity index (χ2n) is 5.13. The van der Waals surface area contributed by atoms with E-state index in [1.54, 1.807) is 0 Å². The van der Waals surface area contributed by atoms with Gasteiger partial charge in [-0.15, -0.1) is 11.3 Å². The third-order valence-electron chi connectivity index (χ3n) is 3.36. The minimum Gasteiger partial charge on any atom is -0.235 e. The molecule has 0 aliphatic heterocycles. The number of aromatic nitrogens is 1. The van der Waals surface area contributed by atoms with Gasteiger partial charge in [0.1, 0.15) is 11.1 Å². The van der Waals surface area contributed by atoms with E-state index in [1.165, 1.54) is 16.9 Å². The molecule has 0 spiro atoms. The van der Waals surface area contributed by atoms with Gasteiger partial charge in [0.15, 0.2) is 0 Å². The summed E-state index contributed by atoms with van der Waals surface area (Å²) >= 11 is 4.96. The fourth-order valence-corrected chi connectivity index (χ4v) is 3.34. The van der Waals surface area contributed by atoms with Crippen LogP contribution in [0.3, 0.4) is 0 Å². The number of nitriles is 1. The summed E-state index contributed by atoms with van der Waals surface area (Å²) < 4.78 is 1.01. The maximum Gasteiger partial charge on any atom is 0.134 e. The summed E-state index contributed by atoms with van der Waals surface area (Å²) in [6.07, 6.45) is 1.88. The Morgan fingerprint density at radius 2 is 2.00 bits per heavy atom. The third-order valence-corrected chi connectivity index (χ3v) is 4.73. The topological polar surface area (TPSA) is 36.7 Å². The Morgan fingerprint density at radius 3 is 2.70 bits per heavy atom. The number of thiazole rings is 1. The van der Waals surface area contributed by atoms with E-state index in [0.717, 1.165) is 26.3 Å². The first kappa shape index (κ1) is 15.7. The molecule has 4 heteroatoms. The zero-order chi connectivity index (χ0) is 16.2. The van der Waals surface area contributed by atoms with Gasteiger partial charge in [-0.25, -0.2) is 4.98 Å². The monoisotopic (exact) mass is 380 g/mol. The molecule has 2 nitrogen and oxygen atoms in total. The molecule has 0 fully saturated rings. The lowest BCUT2D eigenvalue weighted by molar-refractivity contribution is 1.37. The molecule has 0 atom stereocenters. The summed E-state index contributed by atoms with van der Waals surface area (Å²) in [5.74, 6) is 0. The van der Waals surface area contributed by atoms with Crippen molar-refractivity contribution in [2.45, 2.75) is 6.92 Å². The van der Waals surface area contributed by atoms with Gasteiger partial charge < -0.3 is 0 Å². The van der Waals surface area contributed by atoms with Crippen LogP contribution >= 0.6 is 27.3 Å². The molecule has 2 aromatic carbocycles. The Kier molecular flexibility index (Phi) is 4.71. The number of nitrogens with zero attached hydrogens (tertiary/aromatic N) is 2.